The van der Waals surface area contributed by atoms with E-state index < -0.39 is 0 Å². The van der Waals surface area contributed by atoms with Crippen molar-refractivity contribution in [2.45, 2.75) is 37.8 Å². The summed E-state index contributed by atoms with van der Waals surface area (Å²) in [5, 5.41) is 4.68. The summed E-state index contributed by atoms with van der Waals surface area (Å²) in [6, 6.07) is 7.43. The highest BCUT2D eigenvalue weighted by Crippen LogP contribution is 2.36. The molecule has 0 heterocycles. The van der Waals surface area contributed by atoms with Crippen molar-refractivity contribution in [3.05, 3.63) is 46.5 Å². The number of rotatable bonds is 2. The first kappa shape index (κ1) is 10.4. The van der Waals surface area contributed by atoms with E-state index in [1.165, 1.54) is 30.4 Å². The Bertz CT molecular complexity index is 417. The number of hydrogen-bond donors (Lipinski definition) is 1. The number of benzene rings is 1. The molecular weight excluding hydrogens is 218 g/mol. The third kappa shape index (κ3) is 1.79. The molecule has 2 aliphatic carbocycles. The molecule has 1 aromatic carbocycles. The highest BCUT2D eigenvalue weighted by Gasteiger charge is 2.26. The van der Waals surface area contributed by atoms with Gasteiger partial charge in [-0.3, -0.25) is 0 Å². The predicted molar refractivity (Wildman–Crippen MR) is 67.8 cm³/mol. The van der Waals surface area contributed by atoms with Gasteiger partial charge in [0.15, 0.2) is 0 Å². The van der Waals surface area contributed by atoms with Crippen LogP contribution in [0.1, 0.15) is 36.4 Å². The van der Waals surface area contributed by atoms with Crippen molar-refractivity contribution >= 4 is 11.6 Å². The molecular formula is C14H16ClN. The van der Waals surface area contributed by atoms with E-state index in [-0.39, 0.29) is 0 Å². The Kier molecular flexibility index (Phi) is 2.74. The normalized spacial score (nSPS) is 23.9. The smallest absolute Gasteiger partial charge is 0.0441 e. The van der Waals surface area contributed by atoms with E-state index in [9.17, 15) is 0 Å². The highest BCUT2D eigenvalue weighted by atomic mass is 35.5. The SMILES string of the molecule is Clc1cccc2c1CCC2NC1CC=CC1. The summed E-state index contributed by atoms with van der Waals surface area (Å²) in [5.74, 6) is 0. The van der Waals surface area contributed by atoms with Crippen LogP contribution in [0.4, 0.5) is 0 Å². The van der Waals surface area contributed by atoms with Crippen LogP contribution in [0.5, 0.6) is 0 Å². The molecule has 0 saturated heterocycles. The van der Waals surface area contributed by atoms with Crippen molar-refractivity contribution in [3.8, 4) is 0 Å². The van der Waals surface area contributed by atoms with Gasteiger partial charge in [0.1, 0.15) is 0 Å². The molecule has 1 nitrogen and oxygen atoms in total. The minimum Gasteiger partial charge on any atom is -0.307 e. The second-order valence-electron chi connectivity index (χ2n) is 4.71. The lowest BCUT2D eigenvalue weighted by atomic mass is 10.1. The summed E-state index contributed by atoms with van der Waals surface area (Å²) >= 11 is 6.21. The van der Waals surface area contributed by atoms with Crippen molar-refractivity contribution in [2.75, 3.05) is 0 Å². The van der Waals surface area contributed by atoms with Crippen LogP contribution in [-0.2, 0) is 6.42 Å². The number of hydrogen-bond acceptors (Lipinski definition) is 1. The molecule has 84 valence electrons. The summed E-state index contributed by atoms with van der Waals surface area (Å²) in [7, 11) is 0. The minimum absolute atomic E-state index is 0.513. The third-order valence-corrected chi connectivity index (χ3v) is 4.01. The molecule has 0 bridgehead atoms. The Hall–Kier alpha value is -0.790. The van der Waals surface area contributed by atoms with Gasteiger partial charge >= 0.3 is 0 Å². The first-order valence-electron chi connectivity index (χ1n) is 6.03. The average Bonchev–Trinajstić information content (AvgIpc) is 2.90. The van der Waals surface area contributed by atoms with Crippen molar-refractivity contribution in [3.63, 3.8) is 0 Å². The number of halogens is 1. The van der Waals surface area contributed by atoms with E-state index in [4.69, 9.17) is 11.6 Å². The Balaban J connectivity index is 1.78. The summed E-state index contributed by atoms with van der Waals surface area (Å²) in [6.07, 6.45) is 9.19. The number of nitrogens with one attached hydrogen (secondary N) is 1. The van der Waals surface area contributed by atoms with Gasteiger partial charge in [0, 0.05) is 17.1 Å². The quantitative estimate of drug-likeness (QED) is 0.770. The van der Waals surface area contributed by atoms with Gasteiger partial charge in [-0.1, -0.05) is 35.9 Å². The standard InChI is InChI=1S/C14H16ClN/c15-13-7-3-6-12-11(13)8-9-14(12)16-10-4-1-2-5-10/h1-3,6-7,10,14,16H,4-5,8-9H2. The van der Waals surface area contributed by atoms with Gasteiger partial charge in [0.2, 0.25) is 0 Å². The zero-order valence-corrected chi connectivity index (χ0v) is 10.0. The van der Waals surface area contributed by atoms with E-state index in [2.05, 4.69) is 29.6 Å². The number of fused-ring (bicyclic) bond motifs is 1. The average molecular weight is 234 g/mol. The second-order valence-corrected chi connectivity index (χ2v) is 5.11. The summed E-state index contributed by atoms with van der Waals surface area (Å²) < 4.78 is 0. The first-order chi connectivity index (χ1) is 7.84. The first-order valence-corrected chi connectivity index (χ1v) is 6.41. The lowest BCUT2D eigenvalue weighted by Gasteiger charge is -2.19. The van der Waals surface area contributed by atoms with Crippen LogP contribution in [0.25, 0.3) is 0 Å². The molecule has 0 amide bonds. The lowest BCUT2D eigenvalue weighted by Crippen LogP contribution is -2.29. The van der Waals surface area contributed by atoms with Crippen LogP contribution in [0.15, 0.2) is 30.4 Å². The fraction of sp³-hybridized carbons (Fsp3) is 0.429. The molecule has 1 aromatic rings. The maximum absolute atomic E-state index is 6.21. The second kappa shape index (κ2) is 4.23. The van der Waals surface area contributed by atoms with Crippen LogP contribution < -0.4 is 5.32 Å². The van der Waals surface area contributed by atoms with Gasteiger partial charge in [-0.15, -0.1) is 0 Å². The van der Waals surface area contributed by atoms with Gasteiger partial charge in [-0.25, -0.2) is 0 Å². The molecule has 16 heavy (non-hydrogen) atoms. The van der Waals surface area contributed by atoms with Gasteiger partial charge in [-0.2, -0.15) is 0 Å². The zero-order valence-electron chi connectivity index (χ0n) is 9.25. The molecule has 0 fully saturated rings. The van der Waals surface area contributed by atoms with Gasteiger partial charge in [0.25, 0.3) is 0 Å². The fourth-order valence-corrected chi connectivity index (χ4v) is 3.10. The maximum atomic E-state index is 6.21. The molecule has 0 spiro atoms. The molecule has 1 N–H and O–H groups in total. The molecule has 2 heteroatoms. The minimum atomic E-state index is 0.513. The van der Waals surface area contributed by atoms with Gasteiger partial charge in [-0.05, 0) is 42.9 Å². The van der Waals surface area contributed by atoms with Crippen LogP contribution in [0, 0.1) is 0 Å². The van der Waals surface area contributed by atoms with Crippen LogP contribution >= 0.6 is 11.6 Å². The largest absolute Gasteiger partial charge is 0.307 e. The fourth-order valence-electron chi connectivity index (χ4n) is 2.82. The molecule has 3 rings (SSSR count). The van der Waals surface area contributed by atoms with Crippen LogP contribution in [-0.4, -0.2) is 6.04 Å². The molecule has 0 aliphatic heterocycles. The topological polar surface area (TPSA) is 12.0 Å². The molecule has 1 unspecified atom stereocenters. The van der Waals surface area contributed by atoms with E-state index in [0.29, 0.717) is 12.1 Å². The summed E-state index contributed by atoms with van der Waals surface area (Å²) in [4.78, 5) is 0. The van der Waals surface area contributed by atoms with Crippen molar-refractivity contribution < 1.29 is 0 Å². The Labute approximate surface area is 102 Å². The predicted octanol–water partition coefficient (Wildman–Crippen LogP) is 3.64. The van der Waals surface area contributed by atoms with E-state index >= 15 is 0 Å². The van der Waals surface area contributed by atoms with Crippen molar-refractivity contribution in [2.24, 2.45) is 0 Å². The Morgan fingerprint density at radius 1 is 1.19 bits per heavy atom. The molecule has 0 saturated carbocycles. The molecule has 0 radical (unpaired) electrons. The van der Waals surface area contributed by atoms with Crippen molar-refractivity contribution in [1.82, 2.24) is 5.32 Å². The molecule has 2 aliphatic rings. The Morgan fingerprint density at radius 3 is 2.81 bits per heavy atom. The third-order valence-electron chi connectivity index (χ3n) is 3.66. The monoisotopic (exact) mass is 233 g/mol. The van der Waals surface area contributed by atoms with Crippen LogP contribution in [0.2, 0.25) is 5.02 Å². The Morgan fingerprint density at radius 2 is 2.00 bits per heavy atom. The summed E-state index contributed by atoms with van der Waals surface area (Å²) in [5.41, 5.74) is 2.77. The van der Waals surface area contributed by atoms with Gasteiger partial charge < -0.3 is 5.32 Å². The summed E-state index contributed by atoms with van der Waals surface area (Å²) in [6.45, 7) is 0. The van der Waals surface area contributed by atoms with E-state index in [1.54, 1.807) is 0 Å². The van der Waals surface area contributed by atoms with Crippen LogP contribution in [0.3, 0.4) is 0 Å². The molecule has 1 atom stereocenters. The van der Waals surface area contributed by atoms with E-state index in [1.807, 2.05) is 6.07 Å². The van der Waals surface area contributed by atoms with Crippen molar-refractivity contribution in [1.29, 1.82) is 0 Å². The maximum Gasteiger partial charge on any atom is 0.0441 e. The molecule has 0 aromatic heterocycles. The van der Waals surface area contributed by atoms with E-state index in [0.717, 1.165) is 11.4 Å². The zero-order chi connectivity index (χ0) is 11.0. The lowest BCUT2D eigenvalue weighted by molar-refractivity contribution is 0.446. The van der Waals surface area contributed by atoms with Gasteiger partial charge in [0.05, 0.1) is 0 Å². The highest BCUT2D eigenvalue weighted by molar-refractivity contribution is 6.31.